The Morgan fingerprint density at radius 2 is 1.88 bits per heavy atom. The normalized spacial score (nSPS) is 10.1. The third-order valence-electron chi connectivity index (χ3n) is 3.44. The summed E-state index contributed by atoms with van der Waals surface area (Å²) in [5.41, 5.74) is 1.66. The molecular formula is C18H16BrN2O4S-. The van der Waals surface area contributed by atoms with E-state index in [2.05, 4.69) is 26.6 Å². The van der Waals surface area contributed by atoms with Crippen molar-refractivity contribution in [2.24, 2.45) is 0 Å². The highest BCUT2D eigenvalue weighted by Gasteiger charge is 2.12. The maximum atomic E-state index is 12.3. The molecule has 0 radical (unpaired) electrons. The van der Waals surface area contributed by atoms with Gasteiger partial charge in [0, 0.05) is 11.3 Å². The van der Waals surface area contributed by atoms with E-state index in [9.17, 15) is 14.7 Å². The van der Waals surface area contributed by atoms with Crippen LogP contribution in [0.25, 0.3) is 0 Å². The highest BCUT2D eigenvalue weighted by atomic mass is 79.9. The molecule has 0 saturated carbocycles. The van der Waals surface area contributed by atoms with Crippen molar-refractivity contribution in [1.82, 2.24) is 5.32 Å². The molecule has 0 unspecified atom stereocenters. The van der Waals surface area contributed by atoms with Gasteiger partial charge in [-0.3, -0.25) is 10.1 Å². The fraction of sp³-hybridized carbons (Fsp3) is 0.167. The second-order valence-electron chi connectivity index (χ2n) is 5.30. The zero-order valence-electron chi connectivity index (χ0n) is 14.1. The number of thiocarbonyl (C=S) groups is 1. The maximum absolute atomic E-state index is 12.3. The van der Waals surface area contributed by atoms with Crippen molar-refractivity contribution in [3.8, 4) is 5.75 Å². The molecule has 136 valence electrons. The van der Waals surface area contributed by atoms with Gasteiger partial charge in [-0.15, -0.1) is 0 Å². The fourth-order valence-corrected chi connectivity index (χ4v) is 2.82. The Bertz CT molecular complexity index is 870. The summed E-state index contributed by atoms with van der Waals surface area (Å²) < 4.78 is 6.06. The largest absolute Gasteiger partial charge is 0.545 e. The average Bonchev–Trinajstić information content (AvgIpc) is 2.58. The second kappa shape index (κ2) is 8.77. The monoisotopic (exact) mass is 435 g/mol. The van der Waals surface area contributed by atoms with Crippen molar-refractivity contribution in [3.63, 3.8) is 0 Å². The van der Waals surface area contributed by atoms with Gasteiger partial charge in [-0.1, -0.05) is 12.1 Å². The Balaban J connectivity index is 2.08. The minimum atomic E-state index is -1.29. The number of rotatable bonds is 5. The number of benzene rings is 2. The van der Waals surface area contributed by atoms with Gasteiger partial charge in [0.15, 0.2) is 5.11 Å². The first-order chi connectivity index (χ1) is 12.3. The molecule has 2 N–H and O–H groups in total. The van der Waals surface area contributed by atoms with Gasteiger partial charge in [-0.05, 0) is 77.4 Å². The highest BCUT2D eigenvalue weighted by Crippen LogP contribution is 2.26. The molecule has 2 aromatic rings. The van der Waals surface area contributed by atoms with Crippen molar-refractivity contribution in [3.05, 3.63) is 57.6 Å². The Kier molecular flexibility index (Phi) is 6.70. The molecule has 0 aliphatic heterocycles. The van der Waals surface area contributed by atoms with Crippen LogP contribution in [0.4, 0.5) is 5.69 Å². The first kappa shape index (κ1) is 19.9. The van der Waals surface area contributed by atoms with Crippen molar-refractivity contribution >= 4 is 50.8 Å². The molecule has 8 heteroatoms. The Morgan fingerprint density at radius 1 is 1.19 bits per heavy atom. The van der Waals surface area contributed by atoms with E-state index in [0.717, 1.165) is 5.56 Å². The van der Waals surface area contributed by atoms with Crippen molar-refractivity contribution in [2.45, 2.75) is 13.8 Å². The number of nitrogens with one attached hydrogen (secondary N) is 2. The molecule has 0 atom stereocenters. The molecule has 0 bridgehead atoms. The standard InChI is InChI=1S/C18H17BrN2O4S/c1-3-25-15-7-6-11(8-13(15)19)16(22)21-18(26)20-14-9-12(17(23)24)5-4-10(14)2/h4-9H,3H2,1-2H3,(H,23,24)(H2,20,21,22,26)/p-1. The lowest BCUT2D eigenvalue weighted by atomic mass is 10.1. The van der Waals surface area contributed by atoms with Gasteiger partial charge < -0.3 is 20.0 Å². The SMILES string of the molecule is CCOc1ccc(C(=O)NC(=S)Nc2cc(C(=O)[O-])ccc2C)cc1Br. The molecule has 0 fully saturated rings. The molecule has 0 aliphatic carbocycles. The second-order valence-corrected chi connectivity index (χ2v) is 6.57. The maximum Gasteiger partial charge on any atom is 0.257 e. The first-order valence-electron chi connectivity index (χ1n) is 7.68. The molecule has 0 saturated heterocycles. The van der Waals surface area contributed by atoms with Crippen LogP contribution in [0.15, 0.2) is 40.9 Å². The van der Waals surface area contributed by atoms with Crippen LogP contribution < -0.4 is 20.5 Å². The Hall–Kier alpha value is -2.45. The number of carbonyl (C=O) groups excluding carboxylic acids is 2. The third kappa shape index (κ3) is 5.03. The quantitative estimate of drug-likeness (QED) is 0.701. The molecule has 2 aromatic carbocycles. The lowest BCUT2D eigenvalue weighted by molar-refractivity contribution is -0.255. The number of anilines is 1. The van der Waals surface area contributed by atoms with Crippen LogP contribution in [0.2, 0.25) is 0 Å². The third-order valence-corrected chi connectivity index (χ3v) is 4.27. The molecule has 0 aliphatic rings. The molecule has 6 nitrogen and oxygen atoms in total. The minimum absolute atomic E-state index is 0.0164. The van der Waals surface area contributed by atoms with E-state index in [1.165, 1.54) is 12.1 Å². The first-order valence-corrected chi connectivity index (χ1v) is 8.88. The van der Waals surface area contributed by atoms with E-state index in [1.54, 1.807) is 31.2 Å². The number of aryl methyl sites for hydroxylation is 1. The lowest BCUT2D eigenvalue weighted by Crippen LogP contribution is -2.34. The van der Waals surface area contributed by atoms with Crippen molar-refractivity contribution < 1.29 is 19.4 Å². The summed E-state index contributed by atoms with van der Waals surface area (Å²) >= 11 is 8.49. The smallest absolute Gasteiger partial charge is 0.257 e. The zero-order chi connectivity index (χ0) is 19.3. The van der Waals surface area contributed by atoms with Gasteiger partial charge in [0.1, 0.15) is 5.75 Å². The van der Waals surface area contributed by atoms with Gasteiger partial charge in [0.2, 0.25) is 0 Å². The van der Waals surface area contributed by atoms with E-state index in [1.807, 2.05) is 6.92 Å². The van der Waals surface area contributed by atoms with Crippen LogP contribution in [0, 0.1) is 6.92 Å². The van der Waals surface area contributed by atoms with Gasteiger partial charge in [-0.25, -0.2) is 0 Å². The van der Waals surface area contributed by atoms with Crippen LogP contribution in [0.5, 0.6) is 5.75 Å². The molecule has 0 heterocycles. The van der Waals surface area contributed by atoms with E-state index in [-0.39, 0.29) is 10.7 Å². The number of amides is 1. The number of hydrogen-bond acceptors (Lipinski definition) is 5. The van der Waals surface area contributed by atoms with E-state index >= 15 is 0 Å². The van der Waals surface area contributed by atoms with Crippen molar-refractivity contribution in [2.75, 3.05) is 11.9 Å². The topological polar surface area (TPSA) is 90.5 Å². The lowest BCUT2D eigenvalue weighted by Gasteiger charge is -2.14. The Labute approximate surface area is 164 Å². The van der Waals surface area contributed by atoms with Crippen molar-refractivity contribution in [1.29, 1.82) is 0 Å². The predicted octanol–water partition coefficient (Wildman–Crippen LogP) is 2.65. The summed E-state index contributed by atoms with van der Waals surface area (Å²) in [5, 5.41) is 16.4. The van der Waals surface area contributed by atoms with E-state index in [0.29, 0.717) is 28.1 Å². The van der Waals surface area contributed by atoms with Gasteiger partial charge in [0.05, 0.1) is 17.0 Å². The van der Waals surface area contributed by atoms with Crippen LogP contribution in [0.1, 0.15) is 33.2 Å². The van der Waals surface area contributed by atoms with Crippen LogP contribution in [-0.4, -0.2) is 23.6 Å². The number of carboxylic acids is 1. The van der Waals surface area contributed by atoms with E-state index < -0.39 is 11.9 Å². The molecule has 1 amide bonds. The average molecular weight is 436 g/mol. The zero-order valence-corrected chi connectivity index (χ0v) is 16.5. The fourth-order valence-electron chi connectivity index (χ4n) is 2.13. The number of halogens is 1. The van der Waals surface area contributed by atoms with Crippen LogP contribution in [0.3, 0.4) is 0 Å². The number of aromatic carboxylic acids is 1. The van der Waals surface area contributed by atoms with Gasteiger partial charge in [-0.2, -0.15) is 0 Å². The summed E-state index contributed by atoms with van der Waals surface area (Å²) in [4.78, 5) is 23.3. The van der Waals surface area contributed by atoms with Gasteiger partial charge in [0.25, 0.3) is 5.91 Å². The molecule has 0 spiro atoms. The Morgan fingerprint density at radius 3 is 2.50 bits per heavy atom. The summed E-state index contributed by atoms with van der Waals surface area (Å²) in [5.74, 6) is -1.05. The van der Waals surface area contributed by atoms with E-state index in [4.69, 9.17) is 17.0 Å². The van der Waals surface area contributed by atoms with Crippen LogP contribution >= 0.6 is 28.1 Å². The number of carboxylic acid groups (broad SMARTS) is 1. The molecule has 26 heavy (non-hydrogen) atoms. The number of hydrogen-bond donors (Lipinski definition) is 2. The molecular weight excluding hydrogens is 420 g/mol. The highest BCUT2D eigenvalue weighted by molar-refractivity contribution is 9.10. The summed E-state index contributed by atoms with van der Waals surface area (Å²) in [6, 6.07) is 9.40. The number of ether oxygens (including phenoxy) is 1. The number of carbonyl (C=O) groups is 2. The molecule has 0 aromatic heterocycles. The van der Waals surface area contributed by atoms with Gasteiger partial charge >= 0.3 is 0 Å². The predicted molar refractivity (Wildman–Crippen MR) is 105 cm³/mol. The summed E-state index contributed by atoms with van der Waals surface area (Å²) in [6.07, 6.45) is 0. The minimum Gasteiger partial charge on any atom is -0.545 e. The molecule has 2 rings (SSSR count). The summed E-state index contributed by atoms with van der Waals surface area (Å²) in [7, 11) is 0. The van der Waals surface area contributed by atoms with Crippen LogP contribution in [-0.2, 0) is 0 Å². The summed E-state index contributed by atoms with van der Waals surface area (Å²) in [6.45, 7) is 4.17.